The third-order valence-electron chi connectivity index (χ3n) is 3.72. The number of hydrogen-bond donors (Lipinski definition) is 1. The standard InChI is InChI=1S/C16H18N4O3/c1-16(15(21)17-14-8-9-20(2)18-14)10-12(19-23-16)11-6-4-5-7-13(11)22-3/h4-9H,10H2,1-3H3,(H,17,18,21)/t16-/m0/s1. The smallest absolute Gasteiger partial charge is 0.272 e. The van der Waals surface area contributed by atoms with Gasteiger partial charge in [-0.15, -0.1) is 0 Å². The molecule has 1 aliphatic rings. The van der Waals surface area contributed by atoms with Crippen molar-refractivity contribution in [3.8, 4) is 5.75 Å². The summed E-state index contributed by atoms with van der Waals surface area (Å²) in [6.07, 6.45) is 2.11. The zero-order valence-electron chi connectivity index (χ0n) is 13.2. The first-order valence-electron chi connectivity index (χ1n) is 7.21. The average Bonchev–Trinajstić information content (AvgIpc) is 3.14. The summed E-state index contributed by atoms with van der Waals surface area (Å²) in [7, 11) is 3.38. The second-order valence-corrected chi connectivity index (χ2v) is 5.57. The number of rotatable bonds is 4. The number of methoxy groups -OCH3 is 1. The molecule has 0 saturated heterocycles. The average molecular weight is 314 g/mol. The Bertz CT molecular complexity index is 768. The summed E-state index contributed by atoms with van der Waals surface area (Å²) in [6, 6.07) is 9.23. The maximum atomic E-state index is 12.5. The third kappa shape index (κ3) is 2.90. The van der Waals surface area contributed by atoms with Crippen LogP contribution < -0.4 is 10.1 Å². The van der Waals surface area contributed by atoms with Crippen molar-refractivity contribution in [3.05, 3.63) is 42.1 Å². The van der Waals surface area contributed by atoms with Gasteiger partial charge in [0.05, 0.1) is 12.8 Å². The maximum Gasteiger partial charge on any atom is 0.272 e. The van der Waals surface area contributed by atoms with Crippen LogP contribution in [0.5, 0.6) is 5.75 Å². The Morgan fingerprint density at radius 1 is 1.39 bits per heavy atom. The Labute approximate surface area is 133 Å². The fourth-order valence-corrected chi connectivity index (χ4v) is 2.42. The van der Waals surface area contributed by atoms with Gasteiger partial charge in [-0.3, -0.25) is 9.48 Å². The molecule has 7 nitrogen and oxygen atoms in total. The van der Waals surface area contributed by atoms with Crippen LogP contribution in [0.3, 0.4) is 0 Å². The first kappa shape index (κ1) is 15.1. The van der Waals surface area contributed by atoms with Gasteiger partial charge in [-0.05, 0) is 19.1 Å². The molecule has 0 fully saturated rings. The van der Waals surface area contributed by atoms with E-state index in [9.17, 15) is 4.79 Å². The van der Waals surface area contributed by atoms with E-state index in [0.29, 0.717) is 23.7 Å². The van der Waals surface area contributed by atoms with Gasteiger partial charge in [0.25, 0.3) is 5.91 Å². The van der Waals surface area contributed by atoms with Crippen molar-refractivity contribution in [3.63, 3.8) is 0 Å². The number of nitrogens with zero attached hydrogens (tertiary/aromatic N) is 3. The van der Waals surface area contributed by atoms with Gasteiger partial charge in [0, 0.05) is 31.3 Å². The zero-order valence-corrected chi connectivity index (χ0v) is 13.2. The predicted octanol–water partition coefficient (Wildman–Crippen LogP) is 1.95. The molecule has 1 aliphatic heterocycles. The van der Waals surface area contributed by atoms with E-state index in [-0.39, 0.29) is 5.91 Å². The summed E-state index contributed by atoms with van der Waals surface area (Å²) < 4.78 is 6.95. The van der Waals surface area contributed by atoms with Crippen LogP contribution in [0.25, 0.3) is 0 Å². The number of ether oxygens (including phenoxy) is 1. The first-order chi connectivity index (χ1) is 11.0. The summed E-state index contributed by atoms with van der Waals surface area (Å²) >= 11 is 0. The maximum absolute atomic E-state index is 12.5. The van der Waals surface area contributed by atoms with Gasteiger partial charge in [-0.2, -0.15) is 5.10 Å². The minimum Gasteiger partial charge on any atom is -0.496 e. The second kappa shape index (κ2) is 5.75. The monoisotopic (exact) mass is 314 g/mol. The van der Waals surface area contributed by atoms with Gasteiger partial charge in [0.1, 0.15) is 5.75 Å². The van der Waals surface area contributed by atoms with Crippen molar-refractivity contribution in [2.45, 2.75) is 18.9 Å². The number of carbonyl (C=O) groups is 1. The lowest BCUT2D eigenvalue weighted by Gasteiger charge is -2.19. The lowest BCUT2D eigenvalue weighted by atomic mass is 9.94. The number of benzene rings is 1. The zero-order chi connectivity index (χ0) is 16.4. The van der Waals surface area contributed by atoms with Crippen molar-refractivity contribution < 1.29 is 14.4 Å². The van der Waals surface area contributed by atoms with Crippen molar-refractivity contribution in [1.82, 2.24) is 9.78 Å². The summed E-state index contributed by atoms with van der Waals surface area (Å²) in [4.78, 5) is 17.9. The summed E-state index contributed by atoms with van der Waals surface area (Å²) in [5, 5.41) is 11.0. The second-order valence-electron chi connectivity index (χ2n) is 5.57. The molecular formula is C16H18N4O3. The Balaban J connectivity index is 1.75. The molecule has 1 aromatic carbocycles. The van der Waals surface area contributed by atoms with Gasteiger partial charge >= 0.3 is 0 Å². The molecule has 7 heteroatoms. The molecule has 1 amide bonds. The van der Waals surface area contributed by atoms with Gasteiger partial charge in [-0.1, -0.05) is 17.3 Å². The molecule has 0 radical (unpaired) electrons. The largest absolute Gasteiger partial charge is 0.496 e. The fourth-order valence-electron chi connectivity index (χ4n) is 2.42. The van der Waals surface area contributed by atoms with Crippen LogP contribution in [0.2, 0.25) is 0 Å². The van der Waals surface area contributed by atoms with E-state index in [4.69, 9.17) is 9.57 Å². The Kier molecular flexibility index (Phi) is 3.77. The number of amides is 1. The van der Waals surface area contributed by atoms with E-state index in [1.165, 1.54) is 0 Å². The SMILES string of the molecule is COc1ccccc1C1=NO[C@](C)(C(=O)Nc2ccn(C)n2)C1. The molecule has 120 valence electrons. The van der Waals surface area contributed by atoms with Crippen LogP contribution in [0.15, 0.2) is 41.7 Å². The van der Waals surface area contributed by atoms with Crippen LogP contribution >= 0.6 is 0 Å². The molecule has 23 heavy (non-hydrogen) atoms. The van der Waals surface area contributed by atoms with Gasteiger partial charge < -0.3 is 14.9 Å². The Hall–Kier alpha value is -2.83. The molecule has 0 bridgehead atoms. The lowest BCUT2D eigenvalue weighted by Crippen LogP contribution is -2.40. The lowest BCUT2D eigenvalue weighted by molar-refractivity contribution is -0.135. The number of aromatic nitrogens is 2. The number of carbonyl (C=O) groups excluding carboxylic acids is 1. The number of para-hydroxylation sites is 1. The molecule has 3 rings (SSSR count). The van der Waals surface area contributed by atoms with E-state index >= 15 is 0 Å². The van der Waals surface area contributed by atoms with Crippen molar-refractivity contribution in [2.75, 3.05) is 12.4 Å². The quantitative estimate of drug-likeness (QED) is 0.935. The third-order valence-corrected chi connectivity index (χ3v) is 3.72. The normalized spacial score (nSPS) is 19.9. The van der Waals surface area contributed by atoms with E-state index in [1.807, 2.05) is 24.3 Å². The molecule has 0 aliphatic carbocycles. The van der Waals surface area contributed by atoms with E-state index in [1.54, 1.807) is 38.0 Å². The van der Waals surface area contributed by atoms with Crippen molar-refractivity contribution in [1.29, 1.82) is 0 Å². The number of hydrogen-bond acceptors (Lipinski definition) is 5. The summed E-state index contributed by atoms with van der Waals surface area (Å²) in [5.74, 6) is 0.891. The minimum atomic E-state index is -1.08. The Morgan fingerprint density at radius 2 is 2.17 bits per heavy atom. The predicted molar refractivity (Wildman–Crippen MR) is 85.5 cm³/mol. The molecule has 1 aromatic heterocycles. The molecular weight excluding hydrogens is 296 g/mol. The fraction of sp³-hybridized carbons (Fsp3) is 0.312. The molecule has 1 atom stereocenters. The first-order valence-corrected chi connectivity index (χ1v) is 7.21. The number of aryl methyl sites for hydroxylation is 1. The van der Waals surface area contributed by atoms with Gasteiger partial charge in [-0.25, -0.2) is 0 Å². The van der Waals surface area contributed by atoms with Crippen molar-refractivity contribution in [2.24, 2.45) is 12.2 Å². The highest BCUT2D eigenvalue weighted by Gasteiger charge is 2.43. The van der Waals surface area contributed by atoms with Crippen LogP contribution in [0.4, 0.5) is 5.82 Å². The van der Waals surface area contributed by atoms with Gasteiger partial charge in [0.2, 0.25) is 5.60 Å². The molecule has 2 heterocycles. The van der Waals surface area contributed by atoms with Gasteiger partial charge in [0.15, 0.2) is 5.82 Å². The summed E-state index contributed by atoms with van der Waals surface area (Å²) in [5.41, 5.74) is 0.429. The molecule has 0 unspecified atom stereocenters. The molecule has 1 N–H and O–H groups in total. The molecule has 0 spiro atoms. The number of nitrogens with one attached hydrogen (secondary N) is 1. The van der Waals surface area contributed by atoms with Crippen LogP contribution in [-0.4, -0.2) is 34.1 Å². The van der Waals surface area contributed by atoms with E-state index in [0.717, 1.165) is 5.56 Å². The highest BCUT2D eigenvalue weighted by atomic mass is 16.7. The number of oxime groups is 1. The van der Waals surface area contributed by atoms with E-state index in [2.05, 4.69) is 15.6 Å². The number of anilines is 1. The highest BCUT2D eigenvalue weighted by molar-refractivity contribution is 6.09. The minimum absolute atomic E-state index is 0.287. The van der Waals surface area contributed by atoms with Crippen LogP contribution in [0, 0.1) is 0 Å². The summed E-state index contributed by atoms with van der Waals surface area (Å²) in [6.45, 7) is 1.71. The molecule has 2 aromatic rings. The molecule has 0 saturated carbocycles. The van der Waals surface area contributed by atoms with Crippen molar-refractivity contribution >= 4 is 17.4 Å². The van der Waals surface area contributed by atoms with Crippen LogP contribution in [-0.2, 0) is 16.7 Å². The highest BCUT2D eigenvalue weighted by Crippen LogP contribution is 2.31. The van der Waals surface area contributed by atoms with Crippen LogP contribution in [0.1, 0.15) is 18.9 Å². The Morgan fingerprint density at radius 3 is 2.87 bits per heavy atom. The topological polar surface area (TPSA) is 77.7 Å². The van der Waals surface area contributed by atoms with E-state index < -0.39 is 5.60 Å².